The number of carbonyl (C=O) groups excluding carboxylic acids is 1. The van der Waals surface area contributed by atoms with Crippen molar-refractivity contribution < 1.29 is 4.79 Å². The minimum absolute atomic E-state index is 0.256. The van der Waals surface area contributed by atoms with Crippen LogP contribution in [0.4, 0.5) is 0 Å². The highest BCUT2D eigenvalue weighted by Gasteiger charge is 2.33. The average molecular weight is 221 g/mol. The van der Waals surface area contributed by atoms with Gasteiger partial charge in [-0.1, -0.05) is 0 Å². The second-order valence-corrected chi connectivity index (χ2v) is 4.79. The first-order valence-corrected chi connectivity index (χ1v) is 6.18. The van der Waals surface area contributed by atoms with E-state index in [0.29, 0.717) is 31.3 Å². The van der Waals surface area contributed by atoms with E-state index in [2.05, 4.69) is 11.4 Å². The number of rotatable bonds is 5. The molecule has 1 amide bonds. The first kappa shape index (κ1) is 11.4. The van der Waals surface area contributed by atoms with Crippen molar-refractivity contribution in [1.29, 1.82) is 5.26 Å². The van der Waals surface area contributed by atoms with Crippen LogP contribution in [0.5, 0.6) is 0 Å². The molecule has 2 aliphatic rings. The molecule has 1 N–H and O–H groups in total. The van der Waals surface area contributed by atoms with Gasteiger partial charge in [0.25, 0.3) is 0 Å². The fourth-order valence-corrected chi connectivity index (χ4v) is 2.32. The molecule has 1 atom stereocenters. The zero-order valence-corrected chi connectivity index (χ0v) is 9.61. The second kappa shape index (κ2) is 5.31. The molecule has 1 aliphatic carbocycles. The summed E-state index contributed by atoms with van der Waals surface area (Å²) in [6.07, 6.45) is 4.49. The van der Waals surface area contributed by atoms with Crippen molar-refractivity contribution in [2.45, 2.75) is 38.1 Å². The van der Waals surface area contributed by atoms with Gasteiger partial charge in [-0.05, 0) is 38.3 Å². The van der Waals surface area contributed by atoms with Gasteiger partial charge in [-0.25, -0.2) is 0 Å². The van der Waals surface area contributed by atoms with Crippen LogP contribution in [0.3, 0.4) is 0 Å². The molecule has 0 aromatic rings. The Hall–Kier alpha value is -1.08. The van der Waals surface area contributed by atoms with E-state index in [-0.39, 0.29) is 5.91 Å². The van der Waals surface area contributed by atoms with E-state index in [1.165, 1.54) is 0 Å². The fraction of sp³-hybridized carbons (Fsp3) is 0.833. The quantitative estimate of drug-likeness (QED) is 0.750. The molecular weight excluding hydrogens is 202 g/mol. The minimum Gasteiger partial charge on any atom is -0.339 e. The number of nitrogens with zero attached hydrogens (tertiary/aromatic N) is 2. The average Bonchev–Trinajstić information content (AvgIpc) is 2.98. The SMILES string of the molecule is N#CCCN(C(=O)CC1CCNC1)C1CC1. The Bertz CT molecular complexity index is 287. The third kappa shape index (κ3) is 2.96. The first-order valence-electron chi connectivity index (χ1n) is 6.18. The lowest BCUT2D eigenvalue weighted by Crippen LogP contribution is -2.35. The molecule has 16 heavy (non-hydrogen) atoms. The van der Waals surface area contributed by atoms with Crippen LogP contribution >= 0.6 is 0 Å². The number of nitriles is 1. The van der Waals surface area contributed by atoms with Crippen molar-refractivity contribution in [3.8, 4) is 6.07 Å². The van der Waals surface area contributed by atoms with E-state index in [0.717, 1.165) is 32.4 Å². The van der Waals surface area contributed by atoms with Crippen molar-refractivity contribution >= 4 is 5.91 Å². The maximum Gasteiger partial charge on any atom is 0.223 e. The number of hydrogen-bond acceptors (Lipinski definition) is 3. The number of amides is 1. The lowest BCUT2D eigenvalue weighted by atomic mass is 10.0. The summed E-state index contributed by atoms with van der Waals surface area (Å²) in [6, 6.07) is 2.56. The van der Waals surface area contributed by atoms with E-state index in [1.54, 1.807) is 0 Å². The second-order valence-electron chi connectivity index (χ2n) is 4.79. The number of hydrogen-bond donors (Lipinski definition) is 1. The monoisotopic (exact) mass is 221 g/mol. The normalized spacial score (nSPS) is 24.1. The topological polar surface area (TPSA) is 56.1 Å². The fourth-order valence-electron chi connectivity index (χ4n) is 2.32. The minimum atomic E-state index is 0.256. The van der Waals surface area contributed by atoms with Gasteiger partial charge in [-0.2, -0.15) is 5.26 Å². The largest absolute Gasteiger partial charge is 0.339 e. The molecule has 0 spiro atoms. The highest BCUT2D eigenvalue weighted by molar-refractivity contribution is 5.77. The summed E-state index contributed by atoms with van der Waals surface area (Å²) >= 11 is 0. The van der Waals surface area contributed by atoms with E-state index in [1.807, 2.05) is 4.90 Å². The van der Waals surface area contributed by atoms with Crippen LogP contribution < -0.4 is 5.32 Å². The highest BCUT2D eigenvalue weighted by atomic mass is 16.2. The molecule has 1 unspecified atom stereocenters. The number of nitrogens with one attached hydrogen (secondary N) is 1. The first-order chi connectivity index (χ1) is 7.81. The van der Waals surface area contributed by atoms with Crippen LogP contribution in [0, 0.1) is 17.2 Å². The van der Waals surface area contributed by atoms with E-state index in [9.17, 15) is 4.79 Å². The van der Waals surface area contributed by atoms with Gasteiger partial charge in [0.2, 0.25) is 5.91 Å². The Morgan fingerprint density at radius 3 is 2.81 bits per heavy atom. The molecule has 1 aliphatic heterocycles. The Labute approximate surface area is 96.6 Å². The van der Waals surface area contributed by atoms with Crippen LogP contribution in [0.15, 0.2) is 0 Å². The smallest absolute Gasteiger partial charge is 0.223 e. The lowest BCUT2D eigenvalue weighted by Gasteiger charge is -2.22. The van der Waals surface area contributed by atoms with Gasteiger partial charge in [0.1, 0.15) is 0 Å². The van der Waals surface area contributed by atoms with Gasteiger partial charge in [0, 0.05) is 19.0 Å². The molecule has 2 rings (SSSR count). The maximum atomic E-state index is 12.1. The predicted octanol–water partition coefficient (Wildman–Crippen LogP) is 0.891. The molecule has 1 heterocycles. The summed E-state index contributed by atoms with van der Waals surface area (Å²) in [5.74, 6) is 0.766. The molecule has 0 radical (unpaired) electrons. The molecular formula is C12H19N3O. The standard InChI is InChI=1S/C12H19N3O/c13-5-1-7-15(11-2-3-11)12(16)8-10-4-6-14-9-10/h10-11,14H,1-4,6-9H2. The summed E-state index contributed by atoms with van der Waals surface area (Å²) < 4.78 is 0. The zero-order valence-electron chi connectivity index (χ0n) is 9.61. The molecule has 2 fully saturated rings. The van der Waals surface area contributed by atoms with Crippen molar-refractivity contribution in [1.82, 2.24) is 10.2 Å². The molecule has 88 valence electrons. The molecule has 1 saturated carbocycles. The molecule has 0 aromatic carbocycles. The van der Waals surface area contributed by atoms with Crippen LogP contribution in [0.25, 0.3) is 0 Å². The van der Waals surface area contributed by atoms with Gasteiger partial charge >= 0.3 is 0 Å². The lowest BCUT2D eigenvalue weighted by molar-refractivity contribution is -0.132. The van der Waals surface area contributed by atoms with Crippen molar-refractivity contribution in [3.05, 3.63) is 0 Å². The number of carbonyl (C=O) groups is 1. The van der Waals surface area contributed by atoms with E-state index < -0.39 is 0 Å². The molecule has 0 bridgehead atoms. The Morgan fingerprint density at radius 2 is 2.25 bits per heavy atom. The van der Waals surface area contributed by atoms with Crippen LogP contribution in [0.2, 0.25) is 0 Å². The van der Waals surface area contributed by atoms with Gasteiger partial charge in [-0.3, -0.25) is 4.79 Å². The summed E-state index contributed by atoms with van der Waals surface area (Å²) in [5, 5.41) is 11.9. The maximum absolute atomic E-state index is 12.1. The molecule has 4 heteroatoms. The highest BCUT2D eigenvalue weighted by Crippen LogP contribution is 2.28. The van der Waals surface area contributed by atoms with Crippen LogP contribution in [0.1, 0.15) is 32.1 Å². The van der Waals surface area contributed by atoms with Crippen LogP contribution in [-0.4, -0.2) is 36.5 Å². The van der Waals surface area contributed by atoms with Crippen molar-refractivity contribution in [3.63, 3.8) is 0 Å². The van der Waals surface area contributed by atoms with Crippen molar-refractivity contribution in [2.75, 3.05) is 19.6 Å². The van der Waals surface area contributed by atoms with Crippen molar-refractivity contribution in [2.24, 2.45) is 5.92 Å². The molecule has 0 aromatic heterocycles. The Balaban J connectivity index is 1.81. The zero-order chi connectivity index (χ0) is 11.4. The van der Waals surface area contributed by atoms with E-state index in [4.69, 9.17) is 5.26 Å². The Morgan fingerprint density at radius 1 is 1.44 bits per heavy atom. The third-order valence-corrected chi connectivity index (χ3v) is 3.40. The molecule has 4 nitrogen and oxygen atoms in total. The summed E-state index contributed by atoms with van der Waals surface area (Å²) in [7, 11) is 0. The van der Waals surface area contributed by atoms with Gasteiger partial charge in [0.15, 0.2) is 0 Å². The van der Waals surface area contributed by atoms with Gasteiger partial charge < -0.3 is 10.2 Å². The Kier molecular flexibility index (Phi) is 3.79. The van der Waals surface area contributed by atoms with Gasteiger partial charge in [0.05, 0.1) is 12.5 Å². The molecule has 1 saturated heterocycles. The van der Waals surface area contributed by atoms with Crippen LogP contribution in [-0.2, 0) is 4.79 Å². The van der Waals surface area contributed by atoms with E-state index >= 15 is 0 Å². The summed E-state index contributed by atoms with van der Waals surface area (Å²) in [4.78, 5) is 14.0. The summed E-state index contributed by atoms with van der Waals surface area (Å²) in [5.41, 5.74) is 0. The van der Waals surface area contributed by atoms with Gasteiger partial charge in [-0.15, -0.1) is 0 Å². The predicted molar refractivity (Wildman–Crippen MR) is 60.6 cm³/mol. The third-order valence-electron chi connectivity index (χ3n) is 3.40. The summed E-state index contributed by atoms with van der Waals surface area (Å²) in [6.45, 7) is 2.64.